The standard InChI is InChI=1S/C13H20O4/c1-3-10(16-9(2)14)13-7-6-11-12(17-13)5-4-8-15-11/h3,10-13H,1,4-8H2,2H3/t10-,11+,12-,13+/m1/s1. The number of carbonyl (C=O) groups is 1. The number of ether oxygens (including phenoxy) is 3. The lowest BCUT2D eigenvalue weighted by molar-refractivity contribution is -0.190. The molecule has 0 saturated carbocycles. The number of hydrogen-bond donors (Lipinski definition) is 0. The molecule has 0 unspecified atom stereocenters. The van der Waals surface area contributed by atoms with E-state index in [0.717, 1.165) is 32.3 Å². The van der Waals surface area contributed by atoms with Crippen LogP contribution in [-0.2, 0) is 19.0 Å². The zero-order valence-corrected chi connectivity index (χ0v) is 10.3. The fourth-order valence-corrected chi connectivity index (χ4v) is 2.57. The fraction of sp³-hybridized carbons (Fsp3) is 0.769. The maximum atomic E-state index is 11.0. The maximum absolute atomic E-state index is 11.0. The van der Waals surface area contributed by atoms with Gasteiger partial charge in [-0.05, 0) is 31.8 Å². The second-order valence-electron chi connectivity index (χ2n) is 4.65. The van der Waals surface area contributed by atoms with Crippen LogP contribution in [0.25, 0.3) is 0 Å². The average molecular weight is 240 g/mol. The lowest BCUT2D eigenvalue weighted by Gasteiger charge is -2.40. The number of esters is 1. The molecule has 0 N–H and O–H groups in total. The van der Waals surface area contributed by atoms with Crippen molar-refractivity contribution in [3.63, 3.8) is 0 Å². The third-order valence-corrected chi connectivity index (χ3v) is 3.37. The van der Waals surface area contributed by atoms with Crippen molar-refractivity contribution in [2.75, 3.05) is 6.61 Å². The highest BCUT2D eigenvalue weighted by Gasteiger charge is 2.37. The molecule has 0 aliphatic carbocycles. The van der Waals surface area contributed by atoms with Gasteiger partial charge in [0, 0.05) is 13.5 Å². The minimum atomic E-state index is -0.338. The van der Waals surface area contributed by atoms with Crippen LogP contribution in [0.15, 0.2) is 12.7 Å². The summed E-state index contributed by atoms with van der Waals surface area (Å²) in [5.41, 5.74) is 0. The van der Waals surface area contributed by atoms with E-state index in [4.69, 9.17) is 14.2 Å². The van der Waals surface area contributed by atoms with E-state index in [0.29, 0.717) is 0 Å². The lowest BCUT2D eigenvalue weighted by atomic mass is 9.94. The summed E-state index contributed by atoms with van der Waals surface area (Å²) in [5, 5.41) is 0. The number of hydrogen-bond acceptors (Lipinski definition) is 4. The van der Waals surface area contributed by atoms with Gasteiger partial charge in [-0.25, -0.2) is 0 Å². The first kappa shape index (κ1) is 12.6. The second-order valence-corrected chi connectivity index (χ2v) is 4.65. The van der Waals surface area contributed by atoms with Crippen molar-refractivity contribution in [3.8, 4) is 0 Å². The van der Waals surface area contributed by atoms with E-state index in [1.54, 1.807) is 6.08 Å². The molecule has 96 valence electrons. The van der Waals surface area contributed by atoms with Crippen LogP contribution in [-0.4, -0.2) is 37.0 Å². The number of carbonyl (C=O) groups excluding carboxylic acids is 1. The van der Waals surface area contributed by atoms with E-state index < -0.39 is 0 Å². The SMILES string of the molecule is C=C[C@@H](OC(C)=O)[C@@H]1CC[C@@H]2OCCC[C@H]2O1. The van der Waals surface area contributed by atoms with Gasteiger partial charge in [-0.3, -0.25) is 4.79 Å². The van der Waals surface area contributed by atoms with Gasteiger partial charge in [-0.15, -0.1) is 0 Å². The Labute approximate surface area is 102 Å². The van der Waals surface area contributed by atoms with Gasteiger partial charge in [-0.2, -0.15) is 0 Å². The van der Waals surface area contributed by atoms with E-state index >= 15 is 0 Å². The van der Waals surface area contributed by atoms with Crippen LogP contribution in [0.4, 0.5) is 0 Å². The Morgan fingerprint density at radius 1 is 1.41 bits per heavy atom. The summed E-state index contributed by atoms with van der Waals surface area (Å²) in [6.45, 7) is 5.95. The Kier molecular flexibility index (Phi) is 4.18. The third-order valence-electron chi connectivity index (χ3n) is 3.37. The van der Waals surface area contributed by atoms with Gasteiger partial charge in [-0.1, -0.05) is 6.58 Å². The molecular formula is C13H20O4. The Morgan fingerprint density at radius 2 is 2.24 bits per heavy atom. The molecule has 0 amide bonds. The van der Waals surface area contributed by atoms with Crippen molar-refractivity contribution in [1.82, 2.24) is 0 Å². The van der Waals surface area contributed by atoms with E-state index in [1.165, 1.54) is 6.92 Å². The Hall–Kier alpha value is -0.870. The lowest BCUT2D eigenvalue weighted by Crippen LogP contribution is -2.47. The average Bonchev–Trinajstić information content (AvgIpc) is 2.35. The van der Waals surface area contributed by atoms with E-state index in [-0.39, 0.29) is 30.4 Å². The smallest absolute Gasteiger partial charge is 0.303 e. The molecule has 0 aromatic carbocycles. The van der Waals surface area contributed by atoms with Gasteiger partial charge < -0.3 is 14.2 Å². The molecule has 0 aromatic rings. The molecule has 0 bridgehead atoms. The van der Waals surface area contributed by atoms with Gasteiger partial charge in [0.25, 0.3) is 0 Å². The van der Waals surface area contributed by atoms with Crippen LogP contribution in [0.2, 0.25) is 0 Å². The molecule has 2 saturated heterocycles. The van der Waals surface area contributed by atoms with Crippen molar-refractivity contribution >= 4 is 5.97 Å². The molecule has 0 radical (unpaired) electrons. The Balaban J connectivity index is 1.93. The van der Waals surface area contributed by atoms with Crippen molar-refractivity contribution in [3.05, 3.63) is 12.7 Å². The van der Waals surface area contributed by atoms with E-state index in [9.17, 15) is 4.79 Å². The summed E-state index contributed by atoms with van der Waals surface area (Å²) in [6, 6.07) is 0. The van der Waals surface area contributed by atoms with Crippen LogP contribution in [0.3, 0.4) is 0 Å². The van der Waals surface area contributed by atoms with Crippen molar-refractivity contribution < 1.29 is 19.0 Å². The summed E-state index contributed by atoms with van der Waals surface area (Å²) in [5.74, 6) is -0.291. The molecule has 17 heavy (non-hydrogen) atoms. The number of rotatable bonds is 3. The normalized spacial score (nSPS) is 34.5. The fourth-order valence-electron chi connectivity index (χ4n) is 2.57. The molecule has 2 rings (SSSR count). The molecule has 4 nitrogen and oxygen atoms in total. The van der Waals surface area contributed by atoms with E-state index in [1.807, 2.05) is 0 Å². The zero-order valence-electron chi connectivity index (χ0n) is 10.3. The van der Waals surface area contributed by atoms with Gasteiger partial charge in [0.1, 0.15) is 6.10 Å². The van der Waals surface area contributed by atoms with Crippen LogP contribution in [0, 0.1) is 0 Å². The Morgan fingerprint density at radius 3 is 2.94 bits per heavy atom. The van der Waals surface area contributed by atoms with Crippen LogP contribution < -0.4 is 0 Å². The van der Waals surface area contributed by atoms with Crippen molar-refractivity contribution in [2.45, 2.75) is 57.0 Å². The third kappa shape index (κ3) is 3.07. The van der Waals surface area contributed by atoms with Gasteiger partial charge in [0.05, 0.1) is 18.3 Å². The highest BCUT2D eigenvalue weighted by molar-refractivity contribution is 5.66. The highest BCUT2D eigenvalue weighted by Crippen LogP contribution is 2.30. The van der Waals surface area contributed by atoms with Crippen molar-refractivity contribution in [1.29, 1.82) is 0 Å². The first-order valence-corrected chi connectivity index (χ1v) is 6.27. The maximum Gasteiger partial charge on any atom is 0.303 e. The zero-order chi connectivity index (χ0) is 12.3. The predicted octanol–water partition coefficient (Wildman–Crippen LogP) is 1.83. The van der Waals surface area contributed by atoms with Crippen molar-refractivity contribution in [2.24, 2.45) is 0 Å². The summed E-state index contributed by atoms with van der Waals surface area (Å²) in [6.07, 6.45) is 5.52. The molecule has 2 heterocycles. The largest absolute Gasteiger partial charge is 0.456 e. The number of fused-ring (bicyclic) bond motifs is 1. The minimum absolute atomic E-state index is 0.0700. The van der Waals surface area contributed by atoms with Gasteiger partial charge in [0.15, 0.2) is 0 Å². The van der Waals surface area contributed by atoms with Gasteiger partial charge in [0.2, 0.25) is 0 Å². The van der Waals surface area contributed by atoms with Crippen LogP contribution in [0.5, 0.6) is 0 Å². The second kappa shape index (κ2) is 5.65. The molecule has 4 heteroatoms. The van der Waals surface area contributed by atoms with Crippen LogP contribution >= 0.6 is 0 Å². The Bertz CT molecular complexity index is 289. The molecule has 2 aliphatic rings. The predicted molar refractivity (Wildman–Crippen MR) is 62.6 cm³/mol. The molecule has 2 aliphatic heterocycles. The van der Waals surface area contributed by atoms with E-state index in [2.05, 4.69) is 6.58 Å². The van der Waals surface area contributed by atoms with Crippen LogP contribution in [0.1, 0.15) is 32.6 Å². The molecule has 4 atom stereocenters. The molecule has 2 fully saturated rings. The summed E-state index contributed by atoms with van der Waals surface area (Å²) in [7, 11) is 0. The first-order chi connectivity index (χ1) is 8.20. The summed E-state index contributed by atoms with van der Waals surface area (Å²) < 4.78 is 16.8. The summed E-state index contributed by atoms with van der Waals surface area (Å²) >= 11 is 0. The molecular weight excluding hydrogens is 220 g/mol. The summed E-state index contributed by atoms with van der Waals surface area (Å²) in [4.78, 5) is 11.0. The van der Waals surface area contributed by atoms with Gasteiger partial charge >= 0.3 is 5.97 Å². The minimum Gasteiger partial charge on any atom is -0.456 e. The first-order valence-electron chi connectivity index (χ1n) is 6.27. The quantitative estimate of drug-likeness (QED) is 0.557. The monoisotopic (exact) mass is 240 g/mol. The molecule has 0 aromatic heterocycles. The topological polar surface area (TPSA) is 44.8 Å². The molecule has 0 spiro atoms. The highest BCUT2D eigenvalue weighted by atomic mass is 16.6.